The van der Waals surface area contributed by atoms with Gasteiger partial charge in [-0.15, -0.1) is 0 Å². The summed E-state index contributed by atoms with van der Waals surface area (Å²) in [4.78, 5) is 19.3. The molecule has 0 radical (unpaired) electrons. The van der Waals surface area contributed by atoms with Crippen LogP contribution in [0.15, 0.2) is 48.7 Å². The maximum Gasteiger partial charge on any atom is 0.193 e. The third-order valence-corrected chi connectivity index (χ3v) is 6.96. The fraction of sp³-hybridized carbons (Fsp3) is 0.423. The molecule has 3 nitrogen and oxygen atoms in total. The average molecular weight is 387 g/mol. The minimum Gasteiger partial charge on any atom is -0.361 e. The Labute approximate surface area is 173 Å². The molecule has 2 unspecified atom stereocenters. The number of aromatic amines is 1. The highest BCUT2D eigenvalue weighted by Gasteiger charge is 2.33. The summed E-state index contributed by atoms with van der Waals surface area (Å²) in [7, 11) is 0. The van der Waals surface area contributed by atoms with Crippen LogP contribution >= 0.6 is 0 Å². The molecule has 150 valence electrons. The van der Waals surface area contributed by atoms with Crippen molar-refractivity contribution in [1.82, 2.24) is 9.88 Å². The molecule has 0 saturated carbocycles. The number of carbonyl (C=O) groups excluding carboxylic acids is 1. The monoisotopic (exact) mass is 386 g/mol. The van der Waals surface area contributed by atoms with Crippen molar-refractivity contribution >= 4 is 16.7 Å². The van der Waals surface area contributed by atoms with Gasteiger partial charge in [-0.05, 0) is 86.5 Å². The third kappa shape index (κ3) is 3.53. The van der Waals surface area contributed by atoms with Crippen LogP contribution in [0.25, 0.3) is 10.9 Å². The summed E-state index contributed by atoms with van der Waals surface area (Å²) in [5, 5.41) is 1.23. The van der Waals surface area contributed by atoms with Gasteiger partial charge in [-0.25, -0.2) is 0 Å². The molecule has 0 amide bonds. The summed E-state index contributed by atoms with van der Waals surface area (Å²) >= 11 is 0. The maximum atomic E-state index is 13.2. The zero-order valence-corrected chi connectivity index (χ0v) is 17.3. The van der Waals surface area contributed by atoms with Gasteiger partial charge in [0.15, 0.2) is 5.78 Å². The summed E-state index contributed by atoms with van der Waals surface area (Å²) < 4.78 is 0. The molecular weight excluding hydrogens is 356 g/mol. The van der Waals surface area contributed by atoms with Gasteiger partial charge >= 0.3 is 0 Å². The Morgan fingerprint density at radius 3 is 2.90 bits per heavy atom. The first-order valence-corrected chi connectivity index (χ1v) is 11.2. The Morgan fingerprint density at radius 1 is 1.10 bits per heavy atom. The number of aromatic nitrogens is 1. The summed E-state index contributed by atoms with van der Waals surface area (Å²) in [6.07, 6.45) is 9.47. The van der Waals surface area contributed by atoms with Gasteiger partial charge in [0.05, 0.1) is 0 Å². The first-order valence-electron chi connectivity index (χ1n) is 11.2. The molecule has 2 saturated heterocycles. The van der Waals surface area contributed by atoms with Crippen LogP contribution in [0.3, 0.4) is 0 Å². The van der Waals surface area contributed by atoms with Gasteiger partial charge in [0, 0.05) is 34.3 Å². The minimum absolute atomic E-state index is 0.127. The summed E-state index contributed by atoms with van der Waals surface area (Å²) in [6, 6.07) is 15.0. The number of ketones is 1. The molecule has 5 rings (SSSR count). The number of H-pyrrole nitrogens is 1. The highest BCUT2D eigenvalue weighted by atomic mass is 16.1. The van der Waals surface area contributed by atoms with Crippen molar-refractivity contribution in [1.29, 1.82) is 0 Å². The number of nitrogens with zero attached hydrogens (tertiary/aromatic N) is 1. The molecule has 2 fully saturated rings. The molecule has 0 spiro atoms. The SMILES string of the molecule is CCCc1cccc(C(=O)c2ccc3[nH]cc(C4CCN5CCCC5C4)c3c2)c1. The van der Waals surface area contributed by atoms with E-state index >= 15 is 0 Å². The van der Waals surface area contributed by atoms with Crippen LogP contribution in [0.5, 0.6) is 0 Å². The van der Waals surface area contributed by atoms with E-state index in [-0.39, 0.29) is 5.78 Å². The Morgan fingerprint density at radius 2 is 2.00 bits per heavy atom. The van der Waals surface area contributed by atoms with Crippen molar-refractivity contribution < 1.29 is 4.79 Å². The number of fused-ring (bicyclic) bond motifs is 2. The van der Waals surface area contributed by atoms with Crippen LogP contribution in [0.1, 0.15) is 72.0 Å². The second-order valence-corrected chi connectivity index (χ2v) is 8.84. The second kappa shape index (κ2) is 7.79. The van der Waals surface area contributed by atoms with Crippen LogP contribution < -0.4 is 0 Å². The van der Waals surface area contributed by atoms with E-state index < -0.39 is 0 Å². The highest BCUT2D eigenvalue weighted by molar-refractivity contribution is 6.10. The molecule has 2 aliphatic rings. The van der Waals surface area contributed by atoms with Crippen molar-refractivity contribution in [3.8, 4) is 0 Å². The molecule has 2 aliphatic heterocycles. The lowest BCUT2D eigenvalue weighted by Crippen LogP contribution is -2.37. The van der Waals surface area contributed by atoms with E-state index in [0.29, 0.717) is 5.92 Å². The minimum atomic E-state index is 0.127. The van der Waals surface area contributed by atoms with Crippen molar-refractivity contribution in [3.05, 3.63) is 70.9 Å². The lowest BCUT2D eigenvalue weighted by Gasteiger charge is -2.34. The molecule has 1 aromatic heterocycles. The van der Waals surface area contributed by atoms with Crippen molar-refractivity contribution in [2.24, 2.45) is 0 Å². The van der Waals surface area contributed by atoms with Gasteiger partial charge in [-0.2, -0.15) is 0 Å². The van der Waals surface area contributed by atoms with Gasteiger partial charge in [0.25, 0.3) is 0 Å². The van der Waals surface area contributed by atoms with Gasteiger partial charge in [0.1, 0.15) is 0 Å². The van der Waals surface area contributed by atoms with Crippen LogP contribution in [0.2, 0.25) is 0 Å². The van der Waals surface area contributed by atoms with E-state index in [4.69, 9.17) is 0 Å². The molecule has 2 atom stereocenters. The Hall–Kier alpha value is -2.39. The first-order chi connectivity index (χ1) is 14.2. The van der Waals surface area contributed by atoms with Crippen LogP contribution in [-0.4, -0.2) is 34.8 Å². The van der Waals surface area contributed by atoms with Crippen LogP contribution in [-0.2, 0) is 6.42 Å². The van der Waals surface area contributed by atoms with E-state index in [1.807, 2.05) is 18.2 Å². The Kier molecular flexibility index (Phi) is 5.01. The predicted molar refractivity (Wildman–Crippen MR) is 119 cm³/mol. The number of hydrogen-bond acceptors (Lipinski definition) is 2. The average Bonchev–Trinajstić information content (AvgIpc) is 3.39. The van der Waals surface area contributed by atoms with E-state index in [1.54, 1.807) is 0 Å². The standard InChI is InChI=1S/C26H30N2O/c1-2-5-18-6-3-7-20(14-18)26(29)21-9-10-25-23(16-21)24(17-27-25)19-11-13-28-12-4-8-22(28)15-19/h3,6-7,9-10,14,16-17,19,22,27H,2,4-5,8,11-13,15H2,1H3. The number of aryl methyl sites for hydroxylation is 1. The van der Waals surface area contributed by atoms with Crippen LogP contribution in [0.4, 0.5) is 0 Å². The van der Waals surface area contributed by atoms with Crippen molar-refractivity contribution in [2.75, 3.05) is 13.1 Å². The molecule has 2 aromatic carbocycles. The molecule has 3 heteroatoms. The fourth-order valence-corrected chi connectivity index (χ4v) is 5.45. The van der Waals surface area contributed by atoms with Gasteiger partial charge in [0.2, 0.25) is 0 Å². The number of carbonyl (C=O) groups is 1. The summed E-state index contributed by atoms with van der Waals surface area (Å²) in [5.74, 6) is 0.726. The quantitative estimate of drug-likeness (QED) is 0.572. The molecule has 0 bridgehead atoms. The third-order valence-electron chi connectivity index (χ3n) is 6.96. The first kappa shape index (κ1) is 18.6. The lowest BCUT2D eigenvalue weighted by atomic mass is 9.85. The van der Waals surface area contributed by atoms with Crippen LogP contribution in [0, 0.1) is 0 Å². The predicted octanol–water partition coefficient (Wildman–Crippen LogP) is 5.69. The zero-order chi connectivity index (χ0) is 19.8. The van der Waals surface area contributed by atoms with Crippen molar-refractivity contribution in [3.63, 3.8) is 0 Å². The molecule has 0 aliphatic carbocycles. The molecule has 3 aromatic rings. The van der Waals surface area contributed by atoms with E-state index in [0.717, 1.165) is 35.5 Å². The topological polar surface area (TPSA) is 36.1 Å². The van der Waals surface area contributed by atoms with E-state index in [2.05, 4.69) is 47.3 Å². The summed E-state index contributed by atoms with van der Waals surface area (Å²) in [6.45, 7) is 4.66. The highest BCUT2D eigenvalue weighted by Crippen LogP contribution is 2.39. The number of nitrogens with one attached hydrogen (secondary N) is 1. The lowest BCUT2D eigenvalue weighted by molar-refractivity contribution is 0.103. The Balaban J connectivity index is 1.45. The molecule has 3 heterocycles. The zero-order valence-electron chi connectivity index (χ0n) is 17.3. The molecular formula is C26H30N2O. The molecule has 1 N–H and O–H groups in total. The number of hydrogen-bond donors (Lipinski definition) is 1. The summed E-state index contributed by atoms with van der Waals surface area (Å²) in [5.41, 5.74) is 5.38. The maximum absolute atomic E-state index is 13.2. The van der Waals surface area contributed by atoms with E-state index in [9.17, 15) is 4.79 Å². The smallest absolute Gasteiger partial charge is 0.193 e. The van der Waals surface area contributed by atoms with Gasteiger partial charge < -0.3 is 9.88 Å². The second-order valence-electron chi connectivity index (χ2n) is 8.84. The van der Waals surface area contributed by atoms with Crippen molar-refractivity contribution in [2.45, 2.75) is 57.4 Å². The Bertz CT molecular complexity index is 1030. The normalized spacial score (nSPS) is 22.1. The van der Waals surface area contributed by atoms with E-state index in [1.165, 1.54) is 55.3 Å². The number of benzene rings is 2. The number of rotatable bonds is 5. The fourth-order valence-electron chi connectivity index (χ4n) is 5.45. The number of piperidine rings is 1. The largest absolute Gasteiger partial charge is 0.361 e. The molecule has 29 heavy (non-hydrogen) atoms. The van der Waals surface area contributed by atoms with Gasteiger partial charge in [-0.1, -0.05) is 31.5 Å². The van der Waals surface area contributed by atoms with Gasteiger partial charge in [-0.3, -0.25) is 4.79 Å².